The maximum atomic E-state index is 11.7. The van der Waals surface area contributed by atoms with Crippen LogP contribution in [0.5, 0.6) is 0 Å². The van der Waals surface area contributed by atoms with E-state index in [1.807, 2.05) is 4.90 Å². The number of likely N-dealkylation sites (tertiary alicyclic amines) is 1. The molecule has 0 aliphatic carbocycles. The summed E-state index contributed by atoms with van der Waals surface area (Å²) in [6, 6.07) is 0. The fraction of sp³-hybridized carbons (Fsp3) is 0.833. The number of aliphatic hydroxyl groups is 1. The molecule has 0 atom stereocenters. The highest BCUT2D eigenvalue weighted by Gasteiger charge is 2.22. The second-order valence-corrected chi connectivity index (χ2v) is 4.59. The molecule has 5 nitrogen and oxygen atoms in total. The monoisotopic (exact) mass is 242 g/mol. The van der Waals surface area contributed by atoms with Gasteiger partial charge in [0.05, 0.1) is 0 Å². The molecule has 1 heterocycles. The van der Waals surface area contributed by atoms with E-state index in [1.165, 1.54) is 6.92 Å². The number of nitrogens with one attached hydrogen (secondary N) is 1. The van der Waals surface area contributed by atoms with Gasteiger partial charge in [0, 0.05) is 39.6 Å². The van der Waals surface area contributed by atoms with Gasteiger partial charge in [-0.25, -0.2) is 0 Å². The summed E-state index contributed by atoms with van der Waals surface area (Å²) in [5.41, 5.74) is 0. The van der Waals surface area contributed by atoms with Gasteiger partial charge in [-0.3, -0.25) is 9.59 Å². The minimum Gasteiger partial charge on any atom is -0.396 e. The zero-order chi connectivity index (χ0) is 12.7. The Balaban J connectivity index is 2.20. The van der Waals surface area contributed by atoms with Crippen LogP contribution in [-0.2, 0) is 9.59 Å². The summed E-state index contributed by atoms with van der Waals surface area (Å²) >= 11 is 0. The Morgan fingerprint density at radius 1 is 1.35 bits per heavy atom. The number of carbonyl (C=O) groups excluding carboxylic acids is 2. The quantitative estimate of drug-likeness (QED) is 0.720. The number of aliphatic hydroxyl groups excluding tert-OH is 1. The van der Waals surface area contributed by atoms with Crippen molar-refractivity contribution in [2.45, 2.75) is 32.6 Å². The van der Waals surface area contributed by atoms with E-state index in [1.54, 1.807) is 0 Å². The van der Waals surface area contributed by atoms with E-state index in [-0.39, 0.29) is 18.4 Å². The fourth-order valence-electron chi connectivity index (χ4n) is 2.06. The first kappa shape index (κ1) is 14.0. The van der Waals surface area contributed by atoms with E-state index in [0.29, 0.717) is 25.3 Å². The van der Waals surface area contributed by atoms with Crippen molar-refractivity contribution < 1.29 is 14.7 Å². The lowest BCUT2D eigenvalue weighted by atomic mass is 9.96. The van der Waals surface area contributed by atoms with E-state index >= 15 is 0 Å². The predicted octanol–water partition coefficient (Wildman–Crippen LogP) is 0.134. The van der Waals surface area contributed by atoms with Gasteiger partial charge in [0.15, 0.2) is 0 Å². The number of carbonyl (C=O) groups is 2. The van der Waals surface area contributed by atoms with E-state index in [0.717, 1.165) is 25.9 Å². The largest absolute Gasteiger partial charge is 0.396 e. The zero-order valence-corrected chi connectivity index (χ0v) is 10.4. The molecule has 0 aromatic carbocycles. The summed E-state index contributed by atoms with van der Waals surface area (Å²) in [7, 11) is 0. The van der Waals surface area contributed by atoms with Crippen LogP contribution < -0.4 is 5.32 Å². The van der Waals surface area contributed by atoms with Crippen molar-refractivity contribution in [2.75, 3.05) is 26.2 Å². The molecule has 1 rings (SSSR count). The van der Waals surface area contributed by atoms with Crippen LogP contribution in [0.15, 0.2) is 0 Å². The molecule has 17 heavy (non-hydrogen) atoms. The Labute approximate surface area is 102 Å². The van der Waals surface area contributed by atoms with Gasteiger partial charge in [-0.05, 0) is 25.2 Å². The normalized spacial score (nSPS) is 16.9. The number of nitrogens with zero attached hydrogens (tertiary/aromatic N) is 1. The molecule has 0 aromatic heterocycles. The third-order valence-electron chi connectivity index (χ3n) is 3.16. The first-order valence-corrected chi connectivity index (χ1v) is 6.26. The molecule has 5 heteroatoms. The van der Waals surface area contributed by atoms with Crippen LogP contribution in [0.1, 0.15) is 32.6 Å². The number of piperidine rings is 1. The van der Waals surface area contributed by atoms with Crippen molar-refractivity contribution in [3.05, 3.63) is 0 Å². The lowest BCUT2D eigenvalue weighted by molar-refractivity contribution is -0.133. The van der Waals surface area contributed by atoms with Crippen LogP contribution >= 0.6 is 0 Å². The Morgan fingerprint density at radius 3 is 2.53 bits per heavy atom. The molecule has 1 aliphatic rings. The molecule has 0 unspecified atom stereocenters. The van der Waals surface area contributed by atoms with Crippen LogP contribution in [0.2, 0.25) is 0 Å². The van der Waals surface area contributed by atoms with Gasteiger partial charge >= 0.3 is 0 Å². The summed E-state index contributed by atoms with van der Waals surface area (Å²) in [5, 5.41) is 11.5. The summed E-state index contributed by atoms with van der Waals surface area (Å²) in [5.74, 6) is 0.629. The second kappa shape index (κ2) is 7.27. The lowest BCUT2D eigenvalue weighted by Crippen LogP contribution is -2.41. The van der Waals surface area contributed by atoms with E-state index < -0.39 is 0 Å². The topological polar surface area (TPSA) is 69.6 Å². The number of amides is 2. The molecule has 1 fully saturated rings. The van der Waals surface area contributed by atoms with Gasteiger partial charge in [0.2, 0.25) is 11.8 Å². The second-order valence-electron chi connectivity index (χ2n) is 4.59. The van der Waals surface area contributed by atoms with Crippen molar-refractivity contribution in [1.82, 2.24) is 10.2 Å². The molecule has 0 saturated carbocycles. The summed E-state index contributed by atoms with van der Waals surface area (Å²) in [6.45, 7) is 3.86. The SMILES string of the molecule is CC(=O)NCC1CCN(C(=O)CCCO)CC1. The molecule has 0 bridgehead atoms. The standard InChI is InChI=1S/C12H22N2O3/c1-10(16)13-9-11-4-6-14(7-5-11)12(17)3-2-8-15/h11,15H,2-9H2,1H3,(H,13,16). The van der Waals surface area contributed by atoms with E-state index in [4.69, 9.17) is 5.11 Å². The molecule has 2 N–H and O–H groups in total. The summed E-state index contributed by atoms with van der Waals surface area (Å²) in [6.07, 6.45) is 2.88. The molecule has 1 aliphatic heterocycles. The number of hydrogen-bond acceptors (Lipinski definition) is 3. The Hall–Kier alpha value is -1.10. The van der Waals surface area contributed by atoms with Crippen molar-refractivity contribution in [2.24, 2.45) is 5.92 Å². The Morgan fingerprint density at radius 2 is 2.00 bits per heavy atom. The third-order valence-corrected chi connectivity index (χ3v) is 3.16. The van der Waals surface area contributed by atoms with Gasteiger partial charge in [-0.1, -0.05) is 0 Å². The smallest absolute Gasteiger partial charge is 0.222 e. The van der Waals surface area contributed by atoms with Crippen LogP contribution in [0.3, 0.4) is 0 Å². The molecule has 98 valence electrons. The van der Waals surface area contributed by atoms with Crippen molar-refractivity contribution in [3.63, 3.8) is 0 Å². The molecular formula is C12H22N2O3. The van der Waals surface area contributed by atoms with Crippen LogP contribution in [-0.4, -0.2) is 48.1 Å². The van der Waals surface area contributed by atoms with E-state index in [2.05, 4.69) is 5.32 Å². The molecule has 0 aromatic rings. The number of hydrogen-bond donors (Lipinski definition) is 2. The van der Waals surface area contributed by atoms with Gasteiger partial charge < -0.3 is 15.3 Å². The predicted molar refractivity (Wildman–Crippen MR) is 64.3 cm³/mol. The highest BCUT2D eigenvalue weighted by atomic mass is 16.3. The van der Waals surface area contributed by atoms with Crippen molar-refractivity contribution >= 4 is 11.8 Å². The first-order chi connectivity index (χ1) is 8.13. The fourth-order valence-corrected chi connectivity index (χ4v) is 2.06. The van der Waals surface area contributed by atoms with Gasteiger partial charge in [0.1, 0.15) is 0 Å². The molecule has 1 saturated heterocycles. The maximum Gasteiger partial charge on any atom is 0.222 e. The van der Waals surface area contributed by atoms with Gasteiger partial charge in [-0.15, -0.1) is 0 Å². The van der Waals surface area contributed by atoms with Crippen LogP contribution in [0.25, 0.3) is 0 Å². The summed E-state index contributed by atoms with van der Waals surface area (Å²) in [4.78, 5) is 24.3. The summed E-state index contributed by atoms with van der Waals surface area (Å²) < 4.78 is 0. The van der Waals surface area contributed by atoms with E-state index in [9.17, 15) is 9.59 Å². The van der Waals surface area contributed by atoms with Crippen LogP contribution in [0.4, 0.5) is 0 Å². The Bertz CT molecular complexity index is 260. The molecule has 2 amide bonds. The zero-order valence-electron chi connectivity index (χ0n) is 10.4. The molecular weight excluding hydrogens is 220 g/mol. The minimum atomic E-state index is 0.00597. The first-order valence-electron chi connectivity index (χ1n) is 6.26. The van der Waals surface area contributed by atoms with Crippen LogP contribution in [0, 0.1) is 5.92 Å². The molecule has 0 radical (unpaired) electrons. The third kappa shape index (κ3) is 5.17. The average Bonchev–Trinajstić information content (AvgIpc) is 2.34. The lowest BCUT2D eigenvalue weighted by Gasteiger charge is -2.32. The molecule has 0 spiro atoms. The van der Waals surface area contributed by atoms with Gasteiger partial charge in [0.25, 0.3) is 0 Å². The maximum absolute atomic E-state index is 11.7. The average molecular weight is 242 g/mol. The highest BCUT2D eigenvalue weighted by Crippen LogP contribution is 2.17. The minimum absolute atomic E-state index is 0.00597. The highest BCUT2D eigenvalue weighted by molar-refractivity contribution is 5.76. The van der Waals surface area contributed by atoms with Crippen molar-refractivity contribution in [3.8, 4) is 0 Å². The van der Waals surface area contributed by atoms with Gasteiger partial charge in [-0.2, -0.15) is 0 Å². The van der Waals surface area contributed by atoms with Crippen molar-refractivity contribution in [1.29, 1.82) is 0 Å². The Kier molecular flexibility index (Phi) is 5.97. The number of rotatable bonds is 5.